The summed E-state index contributed by atoms with van der Waals surface area (Å²) in [5, 5.41) is 4.18. The SMILES string of the molecule is C=CS(=O)(=O)NC[C@H]1CCN(S(=O)(=O)c2ccc(C)c3c2CCCN3)C1. The molecule has 3 rings (SSSR count). The minimum Gasteiger partial charge on any atom is -0.385 e. The number of sulfonamides is 2. The molecular weight excluding hydrogens is 374 g/mol. The minimum absolute atomic E-state index is 0.0427. The molecule has 0 radical (unpaired) electrons. The Kier molecular flexibility index (Phi) is 5.43. The average Bonchev–Trinajstić information content (AvgIpc) is 3.10. The van der Waals surface area contributed by atoms with E-state index in [0.717, 1.165) is 41.6 Å². The van der Waals surface area contributed by atoms with E-state index >= 15 is 0 Å². The van der Waals surface area contributed by atoms with Crippen LogP contribution in [-0.2, 0) is 26.5 Å². The van der Waals surface area contributed by atoms with E-state index in [1.807, 2.05) is 13.0 Å². The monoisotopic (exact) mass is 399 g/mol. The molecular formula is C17H25N3O4S2. The fraction of sp³-hybridized carbons (Fsp3) is 0.529. The molecule has 0 spiro atoms. The van der Waals surface area contributed by atoms with Gasteiger partial charge in [0.2, 0.25) is 20.0 Å². The lowest BCUT2D eigenvalue weighted by Crippen LogP contribution is -2.33. The first-order valence-electron chi connectivity index (χ1n) is 8.73. The lowest BCUT2D eigenvalue weighted by Gasteiger charge is -2.25. The second kappa shape index (κ2) is 7.30. The summed E-state index contributed by atoms with van der Waals surface area (Å²) >= 11 is 0. The van der Waals surface area contributed by atoms with Crippen LogP contribution in [0.3, 0.4) is 0 Å². The molecule has 1 fully saturated rings. The lowest BCUT2D eigenvalue weighted by atomic mass is 10.00. The Hall–Kier alpha value is -1.42. The molecule has 1 aromatic carbocycles. The van der Waals surface area contributed by atoms with Gasteiger partial charge in [-0.3, -0.25) is 0 Å². The maximum absolute atomic E-state index is 13.2. The van der Waals surface area contributed by atoms with Crippen LogP contribution in [0.15, 0.2) is 29.0 Å². The third kappa shape index (κ3) is 3.80. The number of nitrogens with one attached hydrogen (secondary N) is 2. The Balaban J connectivity index is 1.79. The van der Waals surface area contributed by atoms with Gasteiger partial charge in [0, 0.05) is 37.3 Å². The molecule has 2 heterocycles. The molecule has 0 aromatic heterocycles. The average molecular weight is 400 g/mol. The molecule has 2 aliphatic heterocycles. The van der Waals surface area contributed by atoms with Gasteiger partial charge in [-0.05, 0) is 49.3 Å². The van der Waals surface area contributed by atoms with E-state index in [-0.39, 0.29) is 12.5 Å². The fourth-order valence-corrected chi connectivity index (χ4v) is 5.95. The predicted octanol–water partition coefficient (Wildman–Crippen LogP) is 1.43. The molecule has 0 unspecified atom stereocenters. The van der Waals surface area contributed by atoms with E-state index in [1.165, 1.54) is 4.31 Å². The fourth-order valence-electron chi connectivity index (χ4n) is 3.57. The Morgan fingerprint density at radius 2 is 2.12 bits per heavy atom. The van der Waals surface area contributed by atoms with Crippen LogP contribution in [-0.4, -0.2) is 47.3 Å². The summed E-state index contributed by atoms with van der Waals surface area (Å²) < 4.78 is 53.2. The van der Waals surface area contributed by atoms with Crippen molar-refractivity contribution in [3.05, 3.63) is 35.2 Å². The van der Waals surface area contributed by atoms with Gasteiger partial charge >= 0.3 is 0 Å². The van der Waals surface area contributed by atoms with Crippen molar-refractivity contribution >= 4 is 25.7 Å². The van der Waals surface area contributed by atoms with Gasteiger partial charge < -0.3 is 5.32 Å². The predicted molar refractivity (Wildman–Crippen MR) is 102 cm³/mol. The molecule has 9 heteroatoms. The highest BCUT2D eigenvalue weighted by Gasteiger charge is 2.35. The Morgan fingerprint density at radius 1 is 1.35 bits per heavy atom. The summed E-state index contributed by atoms with van der Waals surface area (Å²) in [6.07, 6.45) is 2.28. The van der Waals surface area contributed by atoms with E-state index in [1.54, 1.807) is 6.07 Å². The van der Waals surface area contributed by atoms with E-state index < -0.39 is 20.0 Å². The van der Waals surface area contributed by atoms with Gasteiger partial charge in [0.15, 0.2) is 0 Å². The second-order valence-corrected chi connectivity index (χ2v) is 10.5. The lowest BCUT2D eigenvalue weighted by molar-refractivity contribution is 0.454. The molecule has 0 amide bonds. The van der Waals surface area contributed by atoms with Crippen molar-refractivity contribution in [3.63, 3.8) is 0 Å². The van der Waals surface area contributed by atoms with Crippen molar-refractivity contribution in [2.45, 2.75) is 31.1 Å². The first-order valence-corrected chi connectivity index (χ1v) is 11.7. The molecule has 1 atom stereocenters. The molecule has 0 bridgehead atoms. The van der Waals surface area contributed by atoms with Crippen LogP contribution in [0.2, 0.25) is 0 Å². The summed E-state index contributed by atoms with van der Waals surface area (Å²) in [6.45, 7) is 7.02. The van der Waals surface area contributed by atoms with Crippen LogP contribution in [0, 0.1) is 12.8 Å². The number of fused-ring (bicyclic) bond motifs is 1. The molecule has 1 aromatic rings. The number of benzene rings is 1. The quantitative estimate of drug-likeness (QED) is 0.754. The zero-order chi connectivity index (χ0) is 18.9. The minimum atomic E-state index is -3.59. The second-order valence-electron chi connectivity index (χ2n) is 6.84. The number of rotatable bonds is 6. The summed E-state index contributed by atoms with van der Waals surface area (Å²) in [5.41, 5.74) is 2.86. The summed E-state index contributed by atoms with van der Waals surface area (Å²) in [7, 11) is -7.08. The zero-order valence-electron chi connectivity index (χ0n) is 14.9. The van der Waals surface area contributed by atoms with Crippen LogP contribution in [0.5, 0.6) is 0 Å². The van der Waals surface area contributed by atoms with Crippen LogP contribution in [0.1, 0.15) is 24.0 Å². The highest BCUT2D eigenvalue weighted by molar-refractivity contribution is 7.92. The van der Waals surface area contributed by atoms with Gasteiger partial charge in [0.1, 0.15) is 0 Å². The zero-order valence-corrected chi connectivity index (χ0v) is 16.5. The van der Waals surface area contributed by atoms with Crippen molar-refractivity contribution in [1.29, 1.82) is 0 Å². The molecule has 7 nitrogen and oxygen atoms in total. The molecule has 26 heavy (non-hydrogen) atoms. The van der Waals surface area contributed by atoms with Crippen LogP contribution in [0.25, 0.3) is 0 Å². The maximum atomic E-state index is 13.2. The first-order chi connectivity index (χ1) is 12.2. The Bertz CT molecular complexity index is 910. The molecule has 2 aliphatic rings. The van der Waals surface area contributed by atoms with Gasteiger partial charge in [-0.1, -0.05) is 12.6 Å². The summed E-state index contributed by atoms with van der Waals surface area (Å²) in [6, 6.07) is 3.54. The highest BCUT2D eigenvalue weighted by atomic mass is 32.2. The third-order valence-corrected chi connectivity index (χ3v) is 8.00. The van der Waals surface area contributed by atoms with Crippen molar-refractivity contribution in [3.8, 4) is 0 Å². The molecule has 0 aliphatic carbocycles. The summed E-state index contributed by atoms with van der Waals surface area (Å²) in [5.74, 6) is -0.0427. The molecule has 0 saturated carbocycles. The van der Waals surface area contributed by atoms with Gasteiger partial charge in [0.05, 0.1) is 4.90 Å². The van der Waals surface area contributed by atoms with Gasteiger partial charge in [0.25, 0.3) is 0 Å². The molecule has 2 N–H and O–H groups in total. The van der Waals surface area contributed by atoms with Gasteiger partial charge in [-0.15, -0.1) is 0 Å². The third-order valence-electron chi connectivity index (χ3n) is 5.04. The van der Waals surface area contributed by atoms with Crippen molar-refractivity contribution in [2.75, 3.05) is 31.5 Å². The number of hydrogen-bond donors (Lipinski definition) is 2. The van der Waals surface area contributed by atoms with Crippen LogP contribution < -0.4 is 10.0 Å². The standard InChI is InChI=1S/C17H25N3O4S2/c1-3-25(21,22)19-11-14-8-10-20(12-14)26(23,24)16-7-6-13(2)17-15(16)5-4-9-18-17/h3,6-7,14,18-19H,1,4-5,8-12H2,2H3/t14-/m1/s1. The van der Waals surface area contributed by atoms with E-state index in [0.29, 0.717) is 24.4 Å². The highest BCUT2D eigenvalue weighted by Crippen LogP contribution is 2.34. The number of aryl methyl sites for hydroxylation is 1. The largest absolute Gasteiger partial charge is 0.385 e. The molecule has 144 valence electrons. The van der Waals surface area contributed by atoms with E-state index in [2.05, 4.69) is 16.6 Å². The Labute approximate surface area is 155 Å². The number of nitrogens with zero attached hydrogens (tertiary/aromatic N) is 1. The van der Waals surface area contributed by atoms with Crippen molar-refractivity contribution in [2.24, 2.45) is 5.92 Å². The summed E-state index contributed by atoms with van der Waals surface area (Å²) in [4.78, 5) is 0.373. The van der Waals surface area contributed by atoms with Crippen molar-refractivity contribution < 1.29 is 16.8 Å². The number of anilines is 1. The van der Waals surface area contributed by atoms with Crippen LogP contribution in [0.4, 0.5) is 5.69 Å². The van der Waals surface area contributed by atoms with Gasteiger partial charge in [-0.25, -0.2) is 21.6 Å². The van der Waals surface area contributed by atoms with Crippen LogP contribution >= 0.6 is 0 Å². The first kappa shape index (κ1) is 19.3. The Morgan fingerprint density at radius 3 is 2.85 bits per heavy atom. The molecule has 1 saturated heterocycles. The topological polar surface area (TPSA) is 95.6 Å². The normalized spacial score (nSPS) is 21.2. The smallest absolute Gasteiger partial charge is 0.243 e. The van der Waals surface area contributed by atoms with E-state index in [4.69, 9.17) is 0 Å². The maximum Gasteiger partial charge on any atom is 0.243 e. The van der Waals surface area contributed by atoms with E-state index in [9.17, 15) is 16.8 Å². The van der Waals surface area contributed by atoms with Gasteiger partial charge in [-0.2, -0.15) is 4.31 Å². The number of hydrogen-bond acceptors (Lipinski definition) is 5. The van der Waals surface area contributed by atoms with Crippen molar-refractivity contribution in [1.82, 2.24) is 9.03 Å².